The van der Waals surface area contributed by atoms with Gasteiger partial charge in [-0.1, -0.05) is 5.16 Å². The highest BCUT2D eigenvalue weighted by atomic mass is 16.5. The van der Waals surface area contributed by atoms with Gasteiger partial charge in [-0.05, 0) is 6.42 Å². The highest BCUT2D eigenvalue weighted by molar-refractivity contribution is 5.89. The Balaban J connectivity index is 1.79. The standard InChI is InChI=1S/C9H11N3O4/c1-4-11-7(12-16-4)3-10-8(13)5-2-6(5)9(14)15/h5-6H,2-3H2,1H3,(H,10,13)(H,14,15)/t5-,6+/m1/s1. The first-order valence-electron chi connectivity index (χ1n) is 4.87. The van der Waals surface area contributed by atoms with Crippen LogP contribution >= 0.6 is 0 Å². The molecule has 86 valence electrons. The molecule has 0 unspecified atom stereocenters. The number of rotatable bonds is 4. The number of amides is 1. The highest BCUT2D eigenvalue weighted by Crippen LogP contribution is 2.38. The lowest BCUT2D eigenvalue weighted by Gasteiger charge is -1.99. The summed E-state index contributed by atoms with van der Waals surface area (Å²) in [5.41, 5.74) is 0. The zero-order valence-electron chi connectivity index (χ0n) is 8.64. The minimum Gasteiger partial charge on any atom is -0.481 e. The molecule has 1 heterocycles. The molecule has 1 saturated carbocycles. The van der Waals surface area contributed by atoms with Gasteiger partial charge in [-0.3, -0.25) is 9.59 Å². The van der Waals surface area contributed by atoms with Crippen molar-refractivity contribution in [2.45, 2.75) is 19.9 Å². The SMILES string of the molecule is Cc1nc(CNC(=O)[C@@H]2C[C@@H]2C(=O)O)no1. The van der Waals surface area contributed by atoms with Crippen molar-refractivity contribution in [1.82, 2.24) is 15.5 Å². The molecule has 2 atom stereocenters. The van der Waals surface area contributed by atoms with Crippen LogP contribution in [0, 0.1) is 18.8 Å². The Morgan fingerprint density at radius 1 is 1.56 bits per heavy atom. The van der Waals surface area contributed by atoms with Gasteiger partial charge >= 0.3 is 5.97 Å². The van der Waals surface area contributed by atoms with Crippen molar-refractivity contribution in [3.8, 4) is 0 Å². The smallest absolute Gasteiger partial charge is 0.307 e. The first-order chi connectivity index (χ1) is 7.58. The van der Waals surface area contributed by atoms with Gasteiger partial charge in [-0.25, -0.2) is 0 Å². The molecule has 1 amide bonds. The quantitative estimate of drug-likeness (QED) is 0.729. The van der Waals surface area contributed by atoms with E-state index >= 15 is 0 Å². The van der Waals surface area contributed by atoms with Gasteiger partial charge in [-0.2, -0.15) is 4.98 Å². The molecule has 1 fully saturated rings. The van der Waals surface area contributed by atoms with Crippen LogP contribution in [0.3, 0.4) is 0 Å². The van der Waals surface area contributed by atoms with E-state index in [2.05, 4.69) is 15.5 Å². The molecule has 0 radical (unpaired) electrons. The van der Waals surface area contributed by atoms with Crippen LogP contribution in [0.4, 0.5) is 0 Å². The fourth-order valence-electron chi connectivity index (χ4n) is 1.47. The molecule has 0 aliphatic heterocycles. The number of carboxylic acid groups (broad SMARTS) is 1. The van der Waals surface area contributed by atoms with Crippen LogP contribution in [0.25, 0.3) is 0 Å². The number of aryl methyl sites for hydroxylation is 1. The fraction of sp³-hybridized carbons (Fsp3) is 0.556. The van der Waals surface area contributed by atoms with Gasteiger partial charge in [0.15, 0.2) is 5.82 Å². The van der Waals surface area contributed by atoms with E-state index in [0.717, 1.165) is 0 Å². The molecule has 0 saturated heterocycles. The maximum Gasteiger partial charge on any atom is 0.307 e. The van der Waals surface area contributed by atoms with Crippen LogP contribution in [0.15, 0.2) is 4.52 Å². The highest BCUT2D eigenvalue weighted by Gasteiger charge is 2.48. The lowest BCUT2D eigenvalue weighted by atomic mass is 10.3. The number of aromatic nitrogens is 2. The lowest BCUT2D eigenvalue weighted by Crippen LogP contribution is -2.26. The summed E-state index contributed by atoms with van der Waals surface area (Å²) < 4.78 is 4.73. The third-order valence-corrected chi connectivity index (χ3v) is 2.43. The van der Waals surface area contributed by atoms with Gasteiger partial charge in [0.05, 0.1) is 18.4 Å². The number of carboxylic acids is 1. The molecular formula is C9H11N3O4. The summed E-state index contributed by atoms with van der Waals surface area (Å²) >= 11 is 0. The van der Waals surface area contributed by atoms with Crippen molar-refractivity contribution in [1.29, 1.82) is 0 Å². The maximum atomic E-state index is 11.4. The summed E-state index contributed by atoms with van der Waals surface area (Å²) in [5, 5.41) is 14.8. The number of hydrogen-bond acceptors (Lipinski definition) is 5. The molecule has 0 spiro atoms. The zero-order valence-corrected chi connectivity index (χ0v) is 8.64. The zero-order chi connectivity index (χ0) is 11.7. The topological polar surface area (TPSA) is 105 Å². The second-order valence-corrected chi connectivity index (χ2v) is 3.73. The monoisotopic (exact) mass is 225 g/mol. The van der Waals surface area contributed by atoms with E-state index in [9.17, 15) is 9.59 Å². The van der Waals surface area contributed by atoms with Crippen molar-refractivity contribution in [2.24, 2.45) is 11.8 Å². The minimum absolute atomic E-state index is 0.166. The largest absolute Gasteiger partial charge is 0.481 e. The molecule has 2 rings (SSSR count). The molecule has 1 aliphatic rings. The van der Waals surface area contributed by atoms with Crippen molar-refractivity contribution < 1.29 is 19.2 Å². The summed E-state index contributed by atoms with van der Waals surface area (Å²) in [6.45, 7) is 1.82. The third kappa shape index (κ3) is 2.18. The van der Waals surface area contributed by atoms with Gasteiger partial charge in [0, 0.05) is 6.92 Å². The van der Waals surface area contributed by atoms with E-state index in [4.69, 9.17) is 9.63 Å². The first kappa shape index (κ1) is 10.6. The first-order valence-corrected chi connectivity index (χ1v) is 4.87. The maximum absolute atomic E-state index is 11.4. The number of hydrogen-bond donors (Lipinski definition) is 2. The molecule has 0 bridgehead atoms. The number of nitrogens with zero attached hydrogens (tertiary/aromatic N) is 2. The van der Waals surface area contributed by atoms with E-state index in [1.807, 2.05) is 0 Å². The predicted molar refractivity (Wildman–Crippen MR) is 50.1 cm³/mol. The molecule has 7 heteroatoms. The van der Waals surface area contributed by atoms with E-state index in [1.54, 1.807) is 6.92 Å². The van der Waals surface area contributed by atoms with Crippen LogP contribution in [-0.2, 0) is 16.1 Å². The van der Waals surface area contributed by atoms with Crippen molar-refractivity contribution >= 4 is 11.9 Å². The van der Waals surface area contributed by atoms with Crippen LogP contribution in [0.5, 0.6) is 0 Å². The Bertz CT molecular complexity index is 428. The number of carbonyl (C=O) groups excluding carboxylic acids is 1. The predicted octanol–water partition coefficient (Wildman–Crippen LogP) is -0.285. The van der Waals surface area contributed by atoms with Crippen molar-refractivity contribution in [3.63, 3.8) is 0 Å². The van der Waals surface area contributed by atoms with E-state index < -0.39 is 17.8 Å². The van der Waals surface area contributed by atoms with Gasteiger partial charge in [-0.15, -0.1) is 0 Å². The van der Waals surface area contributed by atoms with Crippen molar-refractivity contribution in [2.75, 3.05) is 0 Å². The molecule has 7 nitrogen and oxygen atoms in total. The normalized spacial score (nSPS) is 22.8. The molecule has 1 aliphatic carbocycles. The summed E-state index contributed by atoms with van der Waals surface area (Å²) in [6.07, 6.45) is 0.409. The molecule has 0 aromatic carbocycles. The summed E-state index contributed by atoms with van der Waals surface area (Å²) in [5.74, 6) is -1.32. The van der Waals surface area contributed by atoms with E-state index in [0.29, 0.717) is 18.1 Å². The summed E-state index contributed by atoms with van der Waals surface area (Å²) in [7, 11) is 0. The number of carbonyl (C=O) groups is 2. The summed E-state index contributed by atoms with van der Waals surface area (Å²) in [6, 6.07) is 0. The molecule has 1 aromatic heterocycles. The van der Waals surface area contributed by atoms with Crippen LogP contribution in [-0.4, -0.2) is 27.1 Å². The Labute approximate surface area is 90.8 Å². The molecule has 1 aromatic rings. The van der Waals surface area contributed by atoms with Crippen LogP contribution < -0.4 is 5.32 Å². The Hall–Kier alpha value is -1.92. The molecule has 16 heavy (non-hydrogen) atoms. The third-order valence-electron chi connectivity index (χ3n) is 2.43. The number of nitrogens with one attached hydrogen (secondary N) is 1. The summed E-state index contributed by atoms with van der Waals surface area (Å²) in [4.78, 5) is 25.9. The lowest BCUT2D eigenvalue weighted by molar-refractivity contribution is -0.140. The Kier molecular flexibility index (Phi) is 2.59. The second-order valence-electron chi connectivity index (χ2n) is 3.73. The van der Waals surface area contributed by atoms with E-state index in [-0.39, 0.29) is 12.5 Å². The van der Waals surface area contributed by atoms with Crippen LogP contribution in [0.1, 0.15) is 18.1 Å². The fourth-order valence-corrected chi connectivity index (χ4v) is 1.47. The molecular weight excluding hydrogens is 214 g/mol. The average molecular weight is 225 g/mol. The second kappa shape index (κ2) is 3.92. The minimum atomic E-state index is -0.921. The Morgan fingerprint density at radius 2 is 2.31 bits per heavy atom. The van der Waals surface area contributed by atoms with Gasteiger partial charge in [0.25, 0.3) is 0 Å². The number of aliphatic carboxylic acids is 1. The molecule has 2 N–H and O–H groups in total. The average Bonchev–Trinajstić information content (AvgIpc) is 2.93. The van der Waals surface area contributed by atoms with Crippen LogP contribution in [0.2, 0.25) is 0 Å². The van der Waals surface area contributed by atoms with Gasteiger partial charge in [0.1, 0.15) is 0 Å². The van der Waals surface area contributed by atoms with E-state index in [1.165, 1.54) is 0 Å². The van der Waals surface area contributed by atoms with Gasteiger partial charge < -0.3 is 14.9 Å². The van der Waals surface area contributed by atoms with Crippen molar-refractivity contribution in [3.05, 3.63) is 11.7 Å². The van der Waals surface area contributed by atoms with Gasteiger partial charge in [0.2, 0.25) is 11.8 Å². The Morgan fingerprint density at radius 3 is 2.81 bits per heavy atom.